The van der Waals surface area contributed by atoms with Gasteiger partial charge in [-0.25, -0.2) is 4.98 Å². The largest absolute Gasteiger partial charge is 0.330 e. The maximum atomic E-state index is 6.10. The number of nitrogens with zero attached hydrogens (tertiary/aromatic N) is 4. The van der Waals surface area contributed by atoms with Crippen molar-refractivity contribution in [3.05, 3.63) is 18.2 Å². The average molecular weight is 277 g/mol. The molecule has 2 atom stereocenters. The van der Waals surface area contributed by atoms with Crippen molar-refractivity contribution >= 4 is 0 Å². The molecular weight excluding hydrogens is 250 g/mol. The number of likely N-dealkylation sites (tertiary alicyclic amines) is 1. The average Bonchev–Trinajstić information content (AvgIpc) is 3.19. The Balaban J connectivity index is 1.76. The van der Waals surface area contributed by atoms with Crippen LogP contribution in [0.3, 0.4) is 0 Å². The van der Waals surface area contributed by atoms with Gasteiger partial charge in [-0.05, 0) is 46.3 Å². The van der Waals surface area contributed by atoms with Crippen LogP contribution in [0.5, 0.6) is 0 Å². The highest BCUT2D eigenvalue weighted by molar-refractivity contribution is 5.10. The van der Waals surface area contributed by atoms with Crippen LogP contribution in [0.25, 0.3) is 0 Å². The quantitative estimate of drug-likeness (QED) is 0.880. The summed E-state index contributed by atoms with van der Waals surface area (Å²) in [7, 11) is 4.44. The number of piperidine rings is 1. The van der Waals surface area contributed by atoms with Crippen LogP contribution in [0.2, 0.25) is 0 Å². The number of nitrogens with two attached hydrogens (primary N) is 1. The van der Waals surface area contributed by atoms with Gasteiger partial charge in [0.05, 0.1) is 18.1 Å². The minimum Gasteiger partial charge on any atom is -0.330 e. The van der Waals surface area contributed by atoms with Crippen molar-refractivity contribution in [3.63, 3.8) is 0 Å². The molecule has 2 heterocycles. The molecule has 1 aliphatic carbocycles. The summed E-state index contributed by atoms with van der Waals surface area (Å²) in [6.45, 7) is 3.03. The topological polar surface area (TPSA) is 50.3 Å². The summed E-state index contributed by atoms with van der Waals surface area (Å²) < 4.78 is 2.35. The molecule has 1 saturated heterocycles. The second kappa shape index (κ2) is 5.84. The number of hydrogen-bond acceptors (Lipinski definition) is 4. The third kappa shape index (κ3) is 2.75. The van der Waals surface area contributed by atoms with Gasteiger partial charge in [0.15, 0.2) is 0 Å². The van der Waals surface area contributed by atoms with Crippen molar-refractivity contribution < 1.29 is 0 Å². The highest BCUT2D eigenvalue weighted by atomic mass is 15.3. The van der Waals surface area contributed by atoms with E-state index in [9.17, 15) is 0 Å². The van der Waals surface area contributed by atoms with E-state index in [1.54, 1.807) is 0 Å². The minimum absolute atomic E-state index is 0.287. The Morgan fingerprint density at radius 1 is 1.45 bits per heavy atom. The van der Waals surface area contributed by atoms with Crippen LogP contribution in [0.1, 0.15) is 43.5 Å². The Bertz CT molecular complexity index is 439. The van der Waals surface area contributed by atoms with Gasteiger partial charge in [0, 0.05) is 31.4 Å². The van der Waals surface area contributed by atoms with Gasteiger partial charge in [-0.3, -0.25) is 4.90 Å². The van der Waals surface area contributed by atoms with E-state index in [-0.39, 0.29) is 6.04 Å². The summed E-state index contributed by atoms with van der Waals surface area (Å²) in [6, 6.07) is 1.56. The molecule has 20 heavy (non-hydrogen) atoms. The molecule has 0 aromatic carbocycles. The summed E-state index contributed by atoms with van der Waals surface area (Å²) in [5, 5.41) is 0. The molecule has 0 radical (unpaired) electrons. The number of hydrogen-bond donors (Lipinski definition) is 1. The molecule has 112 valence electrons. The SMILES string of the molecule is CN1CCCC(N(C)C(CN)c2cncn2C2CC2)C1. The predicted molar refractivity (Wildman–Crippen MR) is 80.6 cm³/mol. The lowest BCUT2D eigenvalue weighted by Crippen LogP contribution is -2.48. The van der Waals surface area contributed by atoms with Crippen molar-refractivity contribution in [2.45, 2.75) is 43.8 Å². The first-order valence-corrected chi connectivity index (χ1v) is 7.83. The summed E-state index contributed by atoms with van der Waals surface area (Å²) in [4.78, 5) is 9.27. The molecule has 0 spiro atoms. The van der Waals surface area contributed by atoms with Gasteiger partial charge in [-0.1, -0.05) is 0 Å². The molecule has 1 saturated carbocycles. The van der Waals surface area contributed by atoms with Crippen LogP contribution < -0.4 is 5.73 Å². The summed E-state index contributed by atoms with van der Waals surface area (Å²) >= 11 is 0. The van der Waals surface area contributed by atoms with Crippen molar-refractivity contribution in [2.75, 3.05) is 33.7 Å². The van der Waals surface area contributed by atoms with Crippen molar-refractivity contribution in [1.82, 2.24) is 19.4 Å². The van der Waals surface area contributed by atoms with E-state index in [0.717, 1.165) is 6.54 Å². The van der Waals surface area contributed by atoms with Crippen molar-refractivity contribution in [1.29, 1.82) is 0 Å². The van der Waals surface area contributed by atoms with Gasteiger partial charge in [-0.15, -0.1) is 0 Å². The van der Waals surface area contributed by atoms with Crippen LogP contribution in [-0.2, 0) is 0 Å². The number of likely N-dealkylation sites (N-methyl/N-ethyl adjacent to an activating group) is 2. The van der Waals surface area contributed by atoms with Gasteiger partial charge < -0.3 is 15.2 Å². The summed E-state index contributed by atoms with van der Waals surface area (Å²) in [6.07, 6.45) is 9.13. The first kappa shape index (κ1) is 14.0. The molecule has 5 nitrogen and oxygen atoms in total. The normalized spacial score (nSPS) is 26.1. The lowest BCUT2D eigenvalue weighted by atomic mass is 10.0. The molecule has 2 N–H and O–H groups in total. The Morgan fingerprint density at radius 2 is 2.25 bits per heavy atom. The van der Waals surface area contributed by atoms with Gasteiger partial charge in [0.1, 0.15) is 0 Å². The van der Waals surface area contributed by atoms with Gasteiger partial charge >= 0.3 is 0 Å². The highest BCUT2D eigenvalue weighted by Crippen LogP contribution is 2.38. The number of imidazole rings is 1. The molecular formula is C15H27N5. The lowest BCUT2D eigenvalue weighted by molar-refractivity contribution is 0.0979. The molecule has 1 aromatic rings. The Hall–Kier alpha value is -0.910. The van der Waals surface area contributed by atoms with Gasteiger partial charge in [0.25, 0.3) is 0 Å². The molecule has 3 rings (SSSR count). The molecule has 2 unspecified atom stereocenters. The smallest absolute Gasteiger partial charge is 0.0951 e. The zero-order chi connectivity index (χ0) is 14.1. The van der Waals surface area contributed by atoms with Crippen LogP contribution in [0, 0.1) is 0 Å². The zero-order valence-corrected chi connectivity index (χ0v) is 12.7. The van der Waals surface area contributed by atoms with Crippen molar-refractivity contribution in [2.24, 2.45) is 5.73 Å². The molecule has 1 aliphatic heterocycles. The number of aromatic nitrogens is 2. The number of rotatable bonds is 5. The zero-order valence-electron chi connectivity index (χ0n) is 12.7. The second-order valence-corrected chi connectivity index (χ2v) is 6.43. The molecule has 0 amide bonds. The second-order valence-electron chi connectivity index (χ2n) is 6.43. The van der Waals surface area contributed by atoms with E-state index in [1.807, 2.05) is 12.5 Å². The lowest BCUT2D eigenvalue weighted by Gasteiger charge is -2.39. The van der Waals surface area contributed by atoms with Gasteiger partial charge in [-0.2, -0.15) is 0 Å². The first-order chi connectivity index (χ1) is 9.70. The molecule has 1 aromatic heterocycles. The van der Waals surface area contributed by atoms with E-state index >= 15 is 0 Å². The standard InChI is InChI=1S/C15H27N5/c1-18-7-3-4-13(10-18)19(2)14(8-16)15-9-17-11-20(15)12-5-6-12/h9,11-14H,3-8,10,16H2,1-2H3. The van der Waals surface area contributed by atoms with Crippen LogP contribution in [0.4, 0.5) is 0 Å². The first-order valence-electron chi connectivity index (χ1n) is 7.83. The predicted octanol–water partition coefficient (Wildman–Crippen LogP) is 1.24. The monoisotopic (exact) mass is 277 g/mol. The minimum atomic E-state index is 0.287. The van der Waals surface area contributed by atoms with E-state index in [2.05, 4.69) is 33.4 Å². The van der Waals surface area contributed by atoms with E-state index in [4.69, 9.17) is 5.73 Å². The highest BCUT2D eigenvalue weighted by Gasteiger charge is 2.32. The molecule has 5 heteroatoms. The third-order valence-electron chi connectivity index (χ3n) is 4.87. The summed E-state index contributed by atoms with van der Waals surface area (Å²) in [5.41, 5.74) is 7.40. The Morgan fingerprint density at radius 3 is 2.90 bits per heavy atom. The maximum absolute atomic E-state index is 6.10. The fourth-order valence-electron chi connectivity index (χ4n) is 3.45. The Kier molecular flexibility index (Phi) is 4.10. The molecule has 2 fully saturated rings. The summed E-state index contributed by atoms with van der Waals surface area (Å²) in [5.74, 6) is 0. The van der Waals surface area contributed by atoms with Crippen LogP contribution >= 0.6 is 0 Å². The van der Waals surface area contributed by atoms with E-state index in [1.165, 1.54) is 37.9 Å². The molecule has 2 aliphatic rings. The Labute approximate surface area is 121 Å². The van der Waals surface area contributed by atoms with Gasteiger partial charge in [0.2, 0.25) is 0 Å². The molecule has 0 bridgehead atoms. The van der Waals surface area contributed by atoms with Crippen LogP contribution in [-0.4, -0.2) is 59.1 Å². The van der Waals surface area contributed by atoms with Crippen LogP contribution in [0.15, 0.2) is 12.5 Å². The van der Waals surface area contributed by atoms with E-state index in [0.29, 0.717) is 18.6 Å². The van der Waals surface area contributed by atoms with Crippen molar-refractivity contribution in [3.8, 4) is 0 Å². The fraction of sp³-hybridized carbons (Fsp3) is 0.800. The van der Waals surface area contributed by atoms with E-state index < -0.39 is 0 Å². The fourth-order valence-corrected chi connectivity index (χ4v) is 3.45. The maximum Gasteiger partial charge on any atom is 0.0951 e. The third-order valence-corrected chi connectivity index (χ3v) is 4.87.